The Hall–Kier alpha value is -0.380. The third-order valence-electron chi connectivity index (χ3n) is 3.47. The minimum absolute atomic E-state index is 0.00100. The molecule has 20 heavy (non-hydrogen) atoms. The van der Waals surface area contributed by atoms with E-state index >= 15 is 0 Å². The number of halogens is 3. The summed E-state index contributed by atoms with van der Waals surface area (Å²) in [4.78, 5) is 0. The molecular weight excluding hydrogens is 295 g/mol. The summed E-state index contributed by atoms with van der Waals surface area (Å²) in [6.45, 7) is 0.634. The minimum atomic E-state index is -4.33. The zero-order valence-electron chi connectivity index (χ0n) is 11.8. The molecule has 0 aromatic heterocycles. The fourth-order valence-electron chi connectivity index (χ4n) is 2.21. The van der Waals surface area contributed by atoms with Crippen LogP contribution < -0.4 is 5.32 Å². The summed E-state index contributed by atoms with van der Waals surface area (Å²) in [5, 5.41) is 2.90. The second-order valence-corrected chi connectivity index (χ2v) is 7.06. The van der Waals surface area contributed by atoms with Crippen LogP contribution in [0, 0.1) is 5.92 Å². The number of rotatable bonds is 6. The molecule has 0 spiro atoms. The molecule has 9 heteroatoms. The zero-order valence-corrected chi connectivity index (χ0v) is 12.6. The van der Waals surface area contributed by atoms with Gasteiger partial charge in [-0.25, -0.2) is 0 Å². The lowest BCUT2D eigenvalue weighted by atomic mass is 9.99. The average Bonchev–Trinajstić information content (AvgIpc) is 2.38. The molecule has 0 amide bonds. The van der Waals surface area contributed by atoms with E-state index in [9.17, 15) is 21.6 Å². The molecule has 0 radical (unpaired) electrons. The highest BCUT2D eigenvalue weighted by molar-refractivity contribution is 7.86. The summed E-state index contributed by atoms with van der Waals surface area (Å²) in [5.41, 5.74) is 0. The van der Waals surface area contributed by atoms with Gasteiger partial charge >= 0.3 is 6.18 Å². The van der Waals surface area contributed by atoms with Crippen molar-refractivity contribution in [3.63, 3.8) is 0 Å². The summed E-state index contributed by atoms with van der Waals surface area (Å²) >= 11 is 0. The van der Waals surface area contributed by atoms with Crippen molar-refractivity contribution in [2.24, 2.45) is 5.92 Å². The van der Waals surface area contributed by atoms with E-state index < -0.39 is 28.8 Å². The van der Waals surface area contributed by atoms with E-state index in [4.69, 9.17) is 0 Å². The second kappa shape index (κ2) is 7.06. The zero-order chi connectivity index (χ0) is 15.4. The van der Waals surface area contributed by atoms with E-state index in [0.717, 1.165) is 8.61 Å². The predicted molar refractivity (Wildman–Crippen MR) is 70.4 cm³/mol. The van der Waals surface area contributed by atoms with Gasteiger partial charge in [-0.2, -0.15) is 30.2 Å². The number of hydrogen-bond donors (Lipinski definition) is 1. The van der Waals surface area contributed by atoms with Gasteiger partial charge in [-0.15, -0.1) is 0 Å². The largest absolute Gasteiger partial charge is 0.393 e. The van der Waals surface area contributed by atoms with Crippen LogP contribution >= 0.6 is 0 Å². The standard InChI is InChI=1S/C11H22F3N3O2S/c1-15-6-4-7-16(2)20(18,19)17-8-3-5-10(9-17)11(12,13)14/h10,15H,3-9H2,1-2H3. The van der Waals surface area contributed by atoms with E-state index in [1.54, 1.807) is 7.05 Å². The molecule has 1 unspecified atom stereocenters. The third kappa shape index (κ3) is 4.57. The Morgan fingerprint density at radius 3 is 2.60 bits per heavy atom. The van der Waals surface area contributed by atoms with Gasteiger partial charge in [-0.05, 0) is 32.9 Å². The fourth-order valence-corrected chi connectivity index (χ4v) is 3.69. The van der Waals surface area contributed by atoms with Crippen molar-refractivity contribution in [1.82, 2.24) is 13.9 Å². The highest BCUT2D eigenvalue weighted by atomic mass is 32.2. The Balaban J connectivity index is 2.67. The number of nitrogens with one attached hydrogen (secondary N) is 1. The van der Waals surface area contributed by atoms with Crippen LogP contribution in [0.1, 0.15) is 19.3 Å². The van der Waals surface area contributed by atoms with Crippen LogP contribution in [0.4, 0.5) is 13.2 Å². The van der Waals surface area contributed by atoms with E-state index in [-0.39, 0.29) is 25.9 Å². The molecule has 0 aliphatic carbocycles. The van der Waals surface area contributed by atoms with Crippen LogP contribution in [-0.4, -0.2) is 63.5 Å². The first-order valence-corrected chi connectivity index (χ1v) is 8.02. The molecule has 5 nitrogen and oxygen atoms in total. The SMILES string of the molecule is CNCCCN(C)S(=O)(=O)N1CCCC(C(F)(F)F)C1. The van der Waals surface area contributed by atoms with Gasteiger partial charge < -0.3 is 5.32 Å². The molecule has 1 saturated heterocycles. The topological polar surface area (TPSA) is 52.7 Å². The van der Waals surface area contributed by atoms with E-state index in [1.165, 1.54) is 7.05 Å². The maximum atomic E-state index is 12.7. The maximum absolute atomic E-state index is 12.7. The first kappa shape index (κ1) is 17.7. The Morgan fingerprint density at radius 1 is 1.40 bits per heavy atom. The number of nitrogens with zero attached hydrogens (tertiary/aromatic N) is 2. The van der Waals surface area contributed by atoms with E-state index in [1.807, 2.05) is 0 Å². The number of piperidine rings is 1. The van der Waals surface area contributed by atoms with Gasteiger partial charge in [-0.1, -0.05) is 0 Å². The van der Waals surface area contributed by atoms with Crippen LogP contribution in [0.3, 0.4) is 0 Å². The first-order chi connectivity index (χ1) is 9.19. The van der Waals surface area contributed by atoms with Crippen molar-refractivity contribution in [1.29, 1.82) is 0 Å². The lowest BCUT2D eigenvalue weighted by Crippen LogP contribution is -2.49. The molecular formula is C11H22F3N3O2S. The first-order valence-electron chi connectivity index (χ1n) is 6.62. The van der Waals surface area contributed by atoms with Crippen molar-refractivity contribution in [3.8, 4) is 0 Å². The Kier molecular flexibility index (Phi) is 6.24. The molecule has 1 atom stereocenters. The smallest absolute Gasteiger partial charge is 0.320 e. The molecule has 1 fully saturated rings. The fraction of sp³-hybridized carbons (Fsp3) is 1.00. The number of hydrogen-bond acceptors (Lipinski definition) is 3. The van der Waals surface area contributed by atoms with E-state index in [0.29, 0.717) is 13.0 Å². The molecule has 1 aliphatic heterocycles. The average molecular weight is 317 g/mol. The minimum Gasteiger partial charge on any atom is -0.320 e. The van der Waals surface area contributed by atoms with Gasteiger partial charge in [0.2, 0.25) is 0 Å². The summed E-state index contributed by atoms with van der Waals surface area (Å²) in [5.74, 6) is -1.56. The van der Waals surface area contributed by atoms with Gasteiger partial charge in [0.1, 0.15) is 0 Å². The van der Waals surface area contributed by atoms with Crippen molar-refractivity contribution in [3.05, 3.63) is 0 Å². The summed E-state index contributed by atoms with van der Waals surface area (Å²) in [6.07, 6.45) is -3.48. The lowest BCUT2D eigenvalue weighted by Gasteiger charge is -2.35. The van der Waals surface area contributed by atoms with Gasteiger partial charge in [0.05, 0.1) is 5.92 Å². The van der Waals surface area contributed by atoms with Crippen LogP contribution in [0.5, 0.6) is 0 Å². The molecule has 1 rings (SSSR count). The van der Waals surface area contributed by atoms with Crippen molar-refractivity contribution in [2.45, 2.75) is 25.4 Å². The van der Waals surface area contributed by atoms with Gasteiger partial charge in [0, 0.05) is 26.7 Å². The molecule has 0 aromatic rings. The number of alkyl halides is 3. The summed E-state index contributed by atoms with van der Waals surface area (Å²) < 4.78 is 64.6. The van der Waals surface area contributed by atoms with Crippen LogP contribution in [0.15, 0.2) is 0 Å². The Bertz CT molecular complexity index is 400. The normalized spacial score (nSPS) is 22.4. The summed E-state index contributed by atoms with van der Waals surface area (Å²) in [6, 6.07) is 0. The maximum Gasteiger partial charge on any atom is 0.393 e. The Morgan fingerprint density at radius 2 is 2.05 bits per heavy atom. The predicted octanol–water partition coefficient (Wildman–Crippen LogP) is 1.05. The van der Waals surface area contributed by atoms with Crippen LogP contribution in [0.2, 0.25) is 0 Å². The van der Waals surface area contributed by atoms with Crippen molar-refractivity contribution in [2.75, 3.05) is 40.3 Å². The van der Waals surface area contributed by atoms with Gasteiger partial charge in [0.25, 0.3) is 10.2 Å². The highest BCUT2D eigenvalue weighted by Gasteiger charge is 2.44. The molecule has 120 valence electrons. The van der Waals surface area contributed by atoms with Crippen molar-refractivity contribution >= 4 is 10.2 Å². The molecule has 0 aromatic carbocycles. The second-order valence-electron chi connectivity index (χ2n) is 5.03. The van der Waals surface area contributed by atoms with Crippen LogP contribution in [-0.2, 0) is 10.2 Å². The summed E-state index contributed by atoms with van der Waals surface area (Å²) in [7, 11) is -0.635. The Labute approximate surface area is 118 Å². The molecule has 1 N–H and O–H groups in total. The highest BCUT2D eigenvalue weighted by Crippen LogP contribution is 2.34. The van der Waals surface area contributed by atoms with E-state index in [2.05, 4.69) is 5.32 Å². The van der Waals surface area contributed by atoms with Crippen LogP contribution in [0.25, 0.3) is 0 Å². The van der Waals surface area contributed by atoms with Gasteiger partial charge in [0.15, 0.2) is 0 Å². The quantitative estimate of drug-likeness (QED) is 0.745. The molecule has 1 aliphatic rings. The molecule has 0 bridgehead atoms. The lowest BCUT2D eigenvalue weighted by molar-refractivity contribution is -0.182. The monoisotopic (exact) mass is 317 g/mol. The third-order valence-corrected chi connectivity index (χ3v) is 5.42. The van der Waals surface area contributed by atoms with Crippen molar-refractivity contribution < 1.29 is 21.6 Å². The van der Waals surface area contributed by atoms with Gasteiger partial charge in [-0.3, -0.25) is 0 Å². The molecule has 1 heterocycles. The molecule has 0 saturated carbocycles.